The van der Waals surface area contributed by atoms with Crippen LogP contribution in [0.3, 0.4) is 0 Å². The van der Waals surface area contributed by atoms with E-state index in [1.54, 1.807) is 12.1 Å². The highest BCUT2D eigenvalue weighted by atomic mass is 32.1. The third kappa shape index (κ3) is 13.4. The minimum absolute atomic E-state index is 0.0149. The normalized spacial score (nSPS) is 11.2. The quantitative estimate of drug-likeness (QED) is 0.154. The average molecular weight is 489 g/mol. The van der Waals surface area contributed by atoms with Gasteiger partial charge >= 0.3 is 0 Å². The number of carbonyl (C=O) groups is 1. The van der Waals surface area contributed by atoms with E-state index < -0.39 is 0 Å². The number of carbonyl (C=O) groups excluding carboxylic acids is 1. The first-order chi connectivity index (χ1) is 16.7. The van der Waals surface area contributed by atoms with Crippen LogP contribution >= 0.6 is 11.3 Å². The molecule has 34 heavy (non-hydrogen) atoms. The van der Waals surface area contributed by atoms with Crippen LogP contribution < -0.4 is 10.6 Å². The summed E-state index contributed by atoms with van der Waals surface area (Å²) in [6.07, 6.45) is 21.4. The van der Waals surface area contributed by atoms with Gasteiger partial charge in [-0.3, -0.25) is 4.79 Å². The number of unbranched alkanes of at least 4 members (excludes halogenated alkanes) is 11. The van der Waals surface area contributed by atoms with Crippen LogP contribution in [0.1, 0.15) is 102 Å². The Bertz CT molecular complexity index is 822. The lowest BCUT2D eigenvalue weighted by molar-refractivity contribution is -0.116. The predicted octanol–water partition coefficient (Wildman–Crippen LogP) is 8.27. The Kier molecular flexibility index (Phi) is 14.9. The fourth-order valence-electron chi connectivity index (χ4n) is 3.66. The molecule has 2 rings (SSSR count). The molecule has 1 amide bonds. The molecule has 0 saturated heterocycles. The molecule has 0 aliphatic rings. The molecule has 0 unspecified atom stereocenters. The van der Waals surface area contributed by atoms with E-state index in [0.717, 1.165) is 18.4 Å². The summed E-state index contributed by atoms with van der Waals surface area (Å²) in [4.78, 5) is 12.1. The number of anilines is 2. The third-order valence-corrected chi connectivity index (χ3v) is 6.49. The fraction of sp³-hybridized carbons (Fsp3) is 0.593. The summed E-state index contributed by atoms with van der Waals surface area (Å²) >= 11 is 1.30. The Morgan fingerprint density at radius 2 is 1.44 bits per heavy atom. The second-order valence-electron chi connectivity index (χ2n) is 8.77. The zero-order valence-corrected chi connectivity index (χ0v) is 21.5. The molecule has 5 nitrogen and oxygen atoms in total. The van der Waals surface area contributed by atoms with Gasteiger partial charge in [-0.2, -0.15) is 0 Å². The van der Waals surface area contributed by atoms with Gasteiger partial charge in [0.2, 0.25) is 16.2 Å². The lowest BCUT2D eigenvalue weighted by Gasteiger charge is -2.02. The predicted molar refractivity (Wildman–Crippen MR) is 142 cm³/mol. The third-order valence-electron chi connectivity index (χ3n) is 5.69. The number of halogens is 1. The van der Waals surface area contributed by atoms with E-state index in [0.29, 0.717) is 23.2 Å². The topological polar surface area (TPSA) is 66.9 Å². The molecule has 0 saturated carbocycles. The molecule has 0 spiro atoms. The van der Waals surface area contributed by atoms with Crippen LogP contribution in [0.5, 0.6) is 0 Å². The highest BCUT2D eigenvalue weighted by molar-refractivity contribution is 7.19. The van der Waals surface area contributed by atoms with Crippen molar-refractivity contribution in [2.75, 3.05) is 10.6 Å². The van der Waals surface area contributed by atoms with Gasteiger partial charge in [0.1, 0.15) is 5.82 Å². The second-order valence-corrected chi connectivity index (χ2v) is 9.75. The van der Waals surface area contributed by atoms with Gasteiger partial charge in [-0.25, -0.2) is 4.39 Å². The Morgan fingerprint density at radius 1 is 0.853 bits per heavy atom. The molecule has 7 heteroatoms. The number of nitrogens with one attached hydrogen (secondary N) is 2. The van der Waals surface area contributed by atoms with Gasteiger partial charge in [-0.05, 0) is 49.8 Å². The second kappa shape index (κ2) is 18.1. The fourth-order valence-corrected chi connectivity index (χ4v) is 4.32. The number of nitrogens with zero attached hydrogens (tertiary/aromatic N) is 2. The van der Waals surface area contributed by atoms with Gasteiger partial charge in [0.25, 0.3) is 0 Å². The van der Waals surface area contributed by atoms with Crippen molar-refractivity contribution in [1.29, 1.82) is 0 Å². The van der Waals surface area contributed by atoms with Crippen molar-refractivity contribution in [3.8, 4) is 0 Å². The largest absolute Gasteiger partial charge is 0.356 e. The van der Waals surface area contributed by atoms with E-state index in [9.17, 15) is 9.18 Å². The maximum absolute atomic E-state index is 13.0. The van der Waals surface area contributed by atoms with Gasteiger partial charge < -0.3 is 10.6 Å². The molecular weight excluding hydrogens is 447 g/mol. The maximum Gasteiger partial charge on any atom is 0.226 e. The number of allylic oxidation sites excluding steroid dienone is 2. The Labute approximate surface area is 208 Å². The zero-order chi connectivity index (χ0) is 24.3. The molecule has 1 aromatic carbocycles. The Balaban J connectivity index is 1.43. The zero-order valence-electron chi connectivity index (χ0n) is 20.7. The molecule has 0 radical (unpaired) electrons. The van der Waals surface area contributed by atoms with Crippen LogP contribution in [0.4, 0.5) is 14.7 Å². The minimum atomic E-state index is -0.254. The lowest BCUT2D eigenvalue weighted by Crippen LogP contribution is -2.10. The molecule has 0 bridgehead atoms. The van der Waals surface area contributed by atoms with Crippen LogP contribution in [-0.4, -0.2) is 16.1 Å². The molecular formula is C27H41FN4OS. The first-order valence-corrected chi connectivity index (χ1v) is 13.8. The standard InChI is InChI=1S/C27H41FN4OS/c1-2-3-4-5-6-7-8-9-10-11-12-13-14-15-16-17-25(33)30-27-32-31-26(34-27)29-22-23-18-20-24(28)21-19-23/h9-10,18-21H,2-8,11-17,22H2,1H3,(H,29,31)(H,30,32,33)/b10-9+. The summed E-state index contributed by atoms with van der Waals surface area (Å²) in [5.74, 6) is -0.269. The highest BCUT2D eigenvalue weighted by Gasteiger charge is 2.08. The van der Waals surface area contributed by atoms with E-state index in [2.05, 4.69) is 39.9 Å². The number of hydrogen-bond donors (Lipinski definition) is 2. The summed E-state index contributed by atoms with van der Waals surface area (Å²) in [5.41, 5.74) is 0.950. The van der Waals surface area contributed by atoms with Crippen LogP contribution in [0.15, 0.2) is 36.4 Å². The van der Waals surface area contributed by atoms with Crippen LogP contribution in [0.2, 0.25) is 0 Å². The molecule has 0 aliphatic heterocycles. The first-order valence-electron chi connectivity index (χ1n) is 12.9. The highest BCUT2D eigenvalue weighted by Crippen LogP contribution is 2.21. The average Bonchev–Trinajstić information content (AvgIpc) is 3.28. The van der Waals surface area contributed by atoms with E-state index >= 15 is 0 Å². The van der Waals surface area contributed by atoms with Gasteiger partial charge in [-0.15, -0.1) is 10.2 Å². The van der Waals surface area contributed by atoms with Crippen LogP contribution in [-0.2, 0) is 11.3 Å². The van der Waals surface area contributed by atoms with E-state index in [4.69, 9.17) is 0 Å². The molecule has 2 aromatic rings. The summed E-state index contributed by atoms with van der Waals surface area (Å²) < 4.78 is 13.0. The number of rotatable bonds is 19. The van der Waals surface area contributed by atoms with Crippen molar-refractivity contribution in [3.05, 3.63) is 47.8 Å². The Hall–Kier alpha value is -2.28. The summed E-state index contributed by atoms with van der Waals surface area (Å²) in [6.45, 7) is 2.79. The maximum atomic E-state index is 13.0. The van der Waals surface area contributed by atoms with E-state index in [1.165, 1.54) is 94.1 Å². The smallest absolute Gasteiger partial charge is 0.226 e. The first kappa shape index (κ1) is 28.0. The van der Waals surface area contributed by atoms with Crippen molar-refractivity contribution in [2.45, 2.75) is 103 Å². The molecule has 2 N–H and O–H groups in total. The molecule has 0 aliphatic carbocycles. The number of benzene rings is 1. The summed E-state index contributed by atoms with van der Waals surface area (Å²) in [5, 5.41) is 15.1. The molecule has 0 atom stereocenters. The van der Waals surface area contributed by atoms with Gasteiger partial charge in [0, 0.05) is 13.0 Å². The monoisotopic (exact) mass is 488 g/mol. The van der Waals surface area contributed by atoms with Crippen molar-refractivity contribution in [2.24, 2.45) is 0 Å². The lowest BCUT2D eigenvalue weighted by atomic mass is 10.1. The van der Waals surface area contributed by atoms with E-state index in [-0.39, 0.29) is 11.7 Å². The van der Waals surface area contributed by atoms with Gasteiger partial charge in [-0.1, -0.05) is 93.9 Å². The Morgan fingerprint density at radius 3 is 2.12 bits per heavy atom. The van der Waals surface area contributed by atoms with Crippen molar-refractivity contribution in [3.63, 3.8) is 0 Å². The van der Waals surface area contributed by atoms with Crippen molar-refractivity contribution in [1.82, 2.24) is 10.2 Å². The van der Waals surface area contributed by atoms with Crippen molar-refractivity contribution >= 4 is 27.5 Å². The summed E-state index contributed by atoms with van der Waals surface area (Å²) in [7, 11) is 0. The molecule has 0 fully saturated rings. The number of amides is 1. The number of hydrogen-bond acceptors (Lipinski definition) is 5. The van der Waals surface area contributed by atoms with Crippen LogP contribution in [0.25, 0.3) is 0 Å². The minimum Gasteiger partial charge on any atom is -0.356 e. The van der Waals surface area contributed by atoms with Crippen molar-refractivity contribution < 1.29 is 9.18 Å². The van der Waals surface area contributed by atoms with Gasteiger partial charge in [0.05, 0.1) is 0 Å². The number of aromatic nitrogens is 2. The summed E-state index contributed by atoms with van der Waals surface area (Å²) in [6, 6.07) is 6.30. The molecule has 1 aromatic heterocycles. The van der Waals surface area contributed by atoms with Crippen LogP contribution in [0, 0.1) is 5.82 Å². The molecule has 188 valence electrons. The van der Waals surface area contributed by atoms with Gasteiger partial charge in [0.15, 0.2) is 0 Å². The SMILES string of the molecule is CCCCCCCC/C=C/CCCCCCCC(=O)Nc1nnc(NCc2ccc(F)cc2)s1. The molecule has 1 heterocycles. The van der Waals surface area contributed by atoms with E-state index in [1.807, 2.05) is 0 Å².